The average Bonchev–Trinajstić information content (AvgIpc) is 2.95. The van der Waals surface area contributed by atoms with Crippen LogP contribution in [0.3, 0.4) is 0 Å². The maximum atomic E-state index is 12.0. The number of carbonyl (C=O) groups excluding carboxylic acids is 1. The van der Waals surface area contributed by atoms with Gasteiger partial charge in [0, 0.05) is 0 Å². The standard InChI is InChI=1S/C14H18N4O3/c1-3-12(19)11-8-18(17-16-11)9-14(20)15-10-6-4-5-7-13(10)21-2/h4-8,12,19H,3,9H2,1-2H3,(H,15,20). The molecule has 0 aliphatic rings. The van der Waals surface area contributed by atoms with Gasteiger partial charge in [0.05, 0.1) is 25.1 Å². The third-order valence-electron chi connectivity index (χ3n) is 2.97. The van der Waals surface area contributed by atoms with Gasteiger partial charge in [0.15, 0.2) is 0 Å². The number of anilines is 1. The minimum absolute atomic E-state index is 0.0154. The fraction of sp³-hybridized carbons (Fsp3) is 0.357. The summed E-state index contributed by atoms with van der Waals surface area (Å²) in [6.07, 6.45) is 1.46. The van der Waals surface area contributed by atoms with E-state index < -0.39 is 6.10 Å². The highest BCUT2D eigenvalue weighted by molar-refractivity contribution is 5.92. The number of aliphatic hydroxyl groups excluding tert-OH is 1. The molecule has 7 nitrogen and oxygen atoms in total. The van der Waals surface area contributed by atoms with E-state index in [1.54, 1.807) is 25.4 Å². The Hall–Kier alpha value is -2.41. The van der Waals surface area contributed by atoms with E-state index in [9.17, 15) is 9.90 Å². The molecule has 2 rings (SSSR count). The van der Waals surface area contributed by atoms with Crippen LogP contribution in [0.4, 0.5) is 5.69 Å². The molecule has 2 N–H and O–H groups in total. The number of para-hydroxylation sites is 2. The lowest BCUT2D eigenvalue weighted by atomic mass is 10.2. The van der Waals surface area contributed by atoms with Crippen molar-refractivity contribution in [2.24, 2.45) is 0 Å². The molecule has 0 radical (unpaired) electrons. The van der Waals surface area contributed by atoms with Crippen LogP contribution in [0.1, 0.15) is 25.1 Å². The molecule has 1 amide bonds. The molecule has 1 unspecified atom stereocenters. The Balaban J connectivity index is 2.00. The van der Waals surface area contributed by atoms with Crippen molar-refractivity contribution in [1.29, 1.82) is 0 Å². The summed E-state index contributed by atoms with van der Waals surface area (Å²) < 4.78 is 6.55. The molecule has 0 bridgehead atoms. The van der Waals surface area contributed by atoms with Gasteiger partial charge >= 0.3 is 0 Å². The predicted octanol–water partition coefficient (Wildman–Crippen LogP) is 1.37. The van der Waals surface area contributed by atoms with Crippen LogP contribution in [0.15, 0.2) is 30.5 Å². The number of aromatic nitrogens is 3. The van der Waals surface area contributed by atoms with E-state index in [4.69, 9.17) is 4.74 Å². The molecule has 0 saturated heterocycles. The van der Waals surface area contributed by atoms with E-state index in [0.717, 1.165) is 0 Å². The van der Waals surface area contributed by atoms with Crippen LogP contribution in [-0.2, 0) is 11.3 Å². The minimum atomic E-state index is -0.656. The molecule has 112 valence electrons. The fourth-order valence-corrected chi connectivity index (χ4v) is 1.84. The zero-order chi connectivity index (χ0) is 15.2. The summed E-state index contributed by atoms with van der Waals surface area (Å²) in [5, 5.41) is 20.1. The van der Waals surface area contributed by atoms with Gasteiger partial charge in [-0.15, -0.1) is 5.10 Å². The number of carbonyl (C=O) groups is 1. The van der Waals surface area contributed by atoms with Gasteiger partial charge in [-0.05, 0) is 18.6 Å². The maximum absolute atomic E-state index is 12.0. The van der Waals surface area contributed by atoms with Gasteiger partial charge in [-0.2, -0.15) is 0 Å². The number of ether oxygens (including phenoxy) is 1. The molecular formula is C14H18N4O3. The van der Waals surface area contributed by atoms with Crippen LogP contribution in [0, 0.1) is 0 Å². The van der Waals surface area contributed by atoms with Gasteiger partial charge < -0.3 is 15.2 Å². The molecule has 0 aliphatic carbocycles. The molecular weight excluding hydrogens is 272 g/mol. The number of nitrogens with zero attached hydrogens (tertiary/aromatic N) is 3. The number of hydrogen-bond donors (Lipinski definition) is 2. The van der Waals surface area contributed by atoms with Gasteiger partial charge in [-0.1, -0.05) is 24.3 Å². The van der Waals surface area contributed by atoms with E-state index >= 15 is 0 Å². The van der Waals surface area contributed by atoms with Crippen molar-refractivity contribution < 1.29 is 14.6 Å². The number of aliphatic hydroxyl groups is 1. The fourth-order valence-electron chi connectivity index (χ4n) is 1.84. The van der Waals surface area contributed by atoms with Gasteiger partial charge in [0.1, 0.15) is 18.0 Å². The zero-order valence-corrected chi connectivity index (χ0v) is 12.0. The molecule has 0 spiro atoms. The lowest BCUT2D eigenvalue weighted by Crippen LogP contribution is -2.19. The van der Waals surface area contributed by atoms with Crippen molar-refractivity contribution in [2.75, 3.05) is 12.4 Å². The Kier molecular flexibility index (Phi) is 4.89. The monoisotopic (exact) mass is 290 g/mol. The second-order valence-electron chi connectivity index (χ2n) is 4.51. The SMILES string of the molecule is CCC(O)c1cn(CC(=O)Nc2ccccc2OC)nn1. The Morgan fingerprint density at radius 1 is 1.48 bits per heavy atom. The zero-order valence-electron chi connectivity index (χ0n) is 12.0. The summed E-state index contributed by atoms with van der Waals surface area (Å²) in [6, 6.07) is 7.15. The summed E-state index contributed by atoms with van der Waals surface area (Å²) in [5.41, 5.74) is 1.06. The molecule has 1 heterocycles. The van der Waals surface area contributed by atoms with Crippen molar-refractivity contribution >= 4 is 11.6 Å². The van der Waals surface area contributed by atoms with E-state index in [-0.39, 0.29) is 12.5 Å². The molecule has 1 aromatic heterocycles. The molecule has 0 saturated carbocycles. The molecule has 0 aliphatic heterocycles. The first kappa shape index (κ1) is 15.0. The topological polar surface area (TPSA) is 89.3 Å². The van der Waals surface area contributed by atoms with Crippen molar-refractivity contribution in [3.63, 3.8) is 0 Å². The first-order valence-electron chi connectivity index (χ1n) is 6.65. The van der Waals surface area contributed by atoms with Crippen molar-refractivity contribution in [3.8, 4) is 5.75 Å². The largest absolute Gasteiger partial charge is 0.495 e. The summed E-state index contributed by atoms with van der Waals surface area (Å²) in [5.74, 6) is 0.341. The first-order valence-corrected chi connectivity index (χ1v) is 6.65. The Labute approximate surface area is 122 Å². The summed E-state index contributed by atoms with van der Waals surface area (Å²) in [7, 11) is 1.54. The summed E-state index contributed by atoms with van der Waals surface area (Å²) >= 11 is 0. The van der Waals surface area contributed by atoms with Crippen LogP contribution in [0.25, 0.3) is 0 Å². The Morgan fingerprint density at radius 2 is 2.24 bits per heavy atom. The number of benzene rings is 1. The van der Waals surface area contributed by atoms with Crippen molar-refractivity contribution in [1.82, 2.24) is 15.0 Å². The van der Waals surface area contributed by atoms with Crippen LogP contribution in [0.2, 0.25) is 0 Å². The lowest BCUT2D eigenvalue weighted by Gasteiger charge is -2.09. The number of nitrogens with one attached hydrogen (secondary N) is 1. The smallest absolute Gasteiger partial charge is 0.246 e. The van der Waals surface area contributed by atoms with Gasteiger partial charge in [0.2, 0.25) is 5.91 Å². The molecule has 2 aromatic rings. The highest BCUT2D eigenvalue weighted by Crippen LogP contribution is 2.22. The van der Waals surface area contributed by atoms with Gasteiger partial charge in [-0.3, -0.25) is 4.79 Å². The third kappa shape index (κ3) is 3.79. The molecule has 1 aromatic carbocycles. The third-order valence-corrected chi connectivity index (χ3v) is 2.97. The van der Waals surface area contributed by atoms with E-state index in [2.05, 4.69) is 15.6 Å². The van der Waals surface area contributed by atoms with Gasteiger partial charge in [0.25, 0.3) is 0 Å². The number of hydrogen-bond acceptors (Lipinski definition) is 5. The van der Waals surface area contributed by atoms with Crippen molar-refractivity contribution in [2.45, 2.75) is 26.0 Å². The highest BCUT2D eigenvalue weighted by atomic mass is 16.5. The van der Waals surface area contributed by atoms with E-state index in [0.29, 0.717) is 23.6 Å². The van der Waals surface area contributed by atoms with Crippen molar-refractivity contribution in [3.05, 3.63) is 36.2 Å². The summed E-state index contributed by atoms with van der Waals surface area (Å²) in [4.78, 5) is 12.0. The molecule has 7 heteroatoms. The number of rotatable bonds is 6. The van der Waals surface area contributed by atoms with Crippen LogP contribution in [-0.4, -0.2) is 33.1 Å². The molecule has 0 fully saturated rings. The quantitative estimate of drug-likeness (QED) is 0.838. The predicted molar refractivity (Wildman–Crippen MR) is 76.9 cm³/mol. The normalized spacial score (nSPS) is 12.0. The lowest BCUT2D eigenvalue weighted by molar-refractivity contribution is -0.116. The second kappa shape index (κ2) is 6.85. The number of methoxy groups -OCH3 is 1. The van der Waals surface area contributed by atoms with Crippen LogP contribution >= 0.6 is 0 Å². The molecule has 21 heavy (non-hydrogen) atoms. The molecule has 1 atom stereocenters. The Bertz CT molecular complexity index is 612. The minimum Gasteiger partial charge on any atom is -0.495 e. The van der Waals surface area contributed by atoms with Gasteiger partial charge in [-0.25, -0.2) is 4.68 Å². The van der Waals surface area contributed by atoms with Crippen LogP contribution in [0.5, 0.6) is 5.75 Å². The van der Waals surface area contributed by atoms with E-state index in [1.807, 2.05) is 19.1 Å². The highest BCUT2D eigenvalue weighted by Gasteiger charge is 2.12. The number of amides is 1. The Morgan fingerprint density at radius 3 is 2.95 bits per heavy atom. The first-order chi connectivity index (χ1) is 10.1. The summed E-state index contributed by atoms with van der Waals surface area (Å²) in [6.45, 7) is 1.86. The average molecular weight is 290 g/mol. The van der Waals surface area contributed by atoms with Crippen LogP contribution < -0.4 is 10.1 Å². The maximum Gasteiger partial charge on any atom is 0.246 e. The van der Waals surface area contributed by atoms with E-state index in [1.165, 1.54) is 4.68 Å². The second-order valence-corrected chi connectivity index (χ2v) is 4.51.